The molecule has 24 heavy (non-hydrogen) atoms. The monoisotopic (exact) mass is 328 g/mol. The summed E-state index contributed by atoms with van der Waals surface area (Å²) in [7, 11) is 0. The molecule has 0 aliphatic carbocycles. The molecule has 2 aliphatic heterocycles. The van der Waals surface area contributed by atoms with Crippen molar-refractivity contribution in [3.8, 4) is 0 Å². The van der Waals surface area contributed by atoms with Gasteiger partial charge >= 0.3 is 0 Å². The quantitative estimate of drug-likeness (QED) is 0.876. The van der Waals surface area contributed by atoms with Crippen molar-refractivity contribution in [1.29, 1.82) is 0 Å². The number of hydrogen-bond donors (Lipinski definition) is 2. The fraction of sp³-hybridized carbons (Fsp3) is 0.471. The molecule has 7 heteroatoms. The lowest BCUT2D eigenvalue weighted by Gasteiger charge is -2.35. The smallest absolute Gasteiger partial charge is 0.271 e. The van der Waals surface area contributed by atoms with E-state index in [2.05, 4.69) is 15.6 Å². The minimum atomic E-state index is -0.220. The van der Waals surface area contributed by atoms with E-state index in [9.17, 15) is 9.59 Å². The van der Waals surface area contributed by atoms with Crippen molar-refractivity contribution in [1.82, 2.24) is 20.0 Å². The molecule has 0 spiro atoms. The highest BCUT2D eigenvalue weighted by atomic mass is 16.5. The molecule has 126 valence electrons. The summed E-state index contributed by atoms with van der Waals surface area (Å²) >= 11 is 0. The summed E-state index contributed by atoms with van der Waals surface area (Å²) in [6.45, 7) is 0.712. The Morgan fingerprint density at radius 3 is 3.08 bits per heavy atom. The molecule has 2 fully saturated rings. The number of fused-ring (bicyclic) bond motifs is 1. The Morgan fingerprint density at radius 2 is 2.29 bits per heavy atom. The van der Waals surface area contributed by atoms with E-state index in [4.69, 9.17) is 4.74 Å². The van der Waals surface area contributed by atoms with E-state index in [0.717, 1.165) is 18.5 Å². The zero-order valence-electron chi connectivity index (χ0n) is 13.3. The van der Waals surface area contributed by atoms with Crippen LogP contribution in [0.15, 0.2) is 30.6 Å². The van der Waals surface area contributed by atoms with Gasteiger partial charge in [-0.3, -0.25) is 9.59 Å². The van der Waals surface area contributed by atoms with Gasteiger partial charge in [-0.15, -0.1) is 0 Å². The Hall–Kier alpha value is -2.41. The number of nitrogens with zero attached hydrogens (tertiary/aromatic N) is 2. The van der Waals surface area contributed by atoms with Crippen LogP contribution in [-0.4, -0.2) is 46.0 Å². The SMILES string of the molecule is O=C1CC[C@H](NC(=O)c2cn3ccccc3n2)[C@@H](C2CCCO2)N1. The molecule has 0 aromatic carbocycles. The number of rotatable bonds is 3. The molecule has 1 unspecified atom stereocenters. The molecular formula is C17H20N4O3. The number of amides is 2. The predicted octanol–water partition coefficient (Wildman–Crippen LogP) is 0.890. The number of piperidine rings is 1. The molecule has 2 aromatic rings. The maximum absolute atomic E-state index is 12.6. The Morgan fingerprint density at radius 1 is 1.38 bits per heavy atom. The van der Waals surface area contributed by atoms with Gasteiger partial charge < -0.3 is 19.8 Å². The van der Waals surface area contributed by atoms with Crippen LogP contribution < -0.4 is 10.6 Å². The van der Waals surface area contributed by atoms with Gasteiger partial charge in [0.2, 0.25) is 5.91 Å². The van der Waals surface area contributed by atoms with Gasteiger partial charge in [-0.05, 0) is 31.4 Å². The molecule has 0 bridgehead atoms. The highest BCUT2D eigenvalue weighted by molar-refractivity contribution is 5.93. The Balaban J connectivity index is 1.51. The van der Waals surface area contributed by atoms with Crippen LogP contribution in [0.5, 0.6) is 0 Å². The van der Waals surface area contributed by atoms with Crippen LogP contribution in [-0.2, 0) is 9.53 Å². The molecule has 2 amide bonds. The number of pyridine rings is 1. The molecular weight excluding hydrogens is 308 g/mol. The summed E-state index contributed by atoms with van der Waals surface area (Å²) in [4.78, 5) is 28.7. The first-order valence-corrected chi connectivity index (χ1v) is 8.36. The Labute approximate surface area is 139 Å². The average molecular weight is 328 g/mol. The van der Waals surface area contributed by atoms with Gasteiger partial charge in [-0.1, -0.05) is 6.07 Å². The largest absolute Gasteiger partial charge is 0.376 e. The summed E-state index contributed by atoms with van der Waals surface area (Å²) in [5.74, 6) is -0.198. The second kappa shape index (κ2) is 6.24. The van der Waals surface area contributed by atoms with Crippen LogP contribution in [0.2, 0.25) is 0 Å². The fourth-order valence-electron chi connectivity index (χ4n) is 3.51. The first-order valence-electron chi connectivity index (χ1n) is 8.36. The maximum atomic E-state index is 12.6. The van der Waals surface area contributed by atoms with Gasteiger partial charge in [0.05, 0.1) is 18.2 Å². The maximum Gasteiger partial charge on any atom is 0.271 e. The molecule has 2 N–H and O–H groups in total. The molecule has 2 saturated heterocycles. The first-order chi connectivity index (χ1) is 11.7. The number of ether oxygens (including phenoxy) is 1. The second-order valence-corrected chi connectivity index (χ2v) is 6.36. The number of carbonyl (C=O) groups excluding carboxylic acids is 2. The van der Waals surface area contributed by atoms with Gasteiger partial charge in [0.25, 0.3) is 5.91 Å². The van der Waals surface area contributed by atoms with Crippen LogP contribution in [0.4, 0.5) is 0 Å². The van der Waals surface area contributed by atoms with Crippen molar-refractivity contribution in [2.45, 2.75) is 43.9 Å². The summed E-state index contributed by atoms with van der Waals surface area (Å²) in [5.41, 5.74) is 1.11. The Kier molecular flexibility index (Phi) is 3.93. The van der Waals surface area contributed by atoms with Crippen molar-refractivity contribution >= 4 is 17.5 Å². The highest BCUT2D eigenvalue weighted by Crippen LogP contribution is 2.22. The molecule has 4 rings (SSSR count). The van der Waals surface area contributed by atoms with Crippen LogP contribution in [0.1, 0.15) is 36.2 Å². The Bertz CT molecular complexity index is 733. The van der Waals surface area contributed by atoms with Crippen LogP contribution >= 0.6 is 0 Å². The first kappa shape index (κ1) is 15.1. The summed E-state index contributed by atoms with van der Waals surface area (Å²) in [6.07, 6.45) is 6.48. The van der Waals surface area contributed by atoms with Gasteiger partial charge in [-0.2, -0.15) is 0 Å². The van der Waals surface area contributed by atoms with Crippen molar-refractivity contribution in [3.63, 3.8) is 0 Å². The summed E-state index contributed by atoms with van der Waals surface area (Å²) in [5, 5.41) is 6.02. The number of aromatic nitrogens is 2. The molecule has 2 aliphatic rings. The van der Waals surface area contributed by atoms with Crippen molar-refractivity contribution in [3.05, 3.63) is 36.3 Å². The number of imidazole rings is 1. The van der Waals surface area contributed by atoms with Crippen LogP contribution in [0, 0.1) is 0 Å². The predicted molar refractivity (Wildman–Crippen MR) is 86.6 cm³/mol. The van der Waals surface area contributed by atoms with E-state index in [1.807, 2.05) is 28.8 Å². The van der Waals surface area contributed by atoms with E-state index in [-0.39, 0.29) is 30.0 Å². The van der Waals surface area contributed by atoms with E-state index in [1.54, 1.807) is 6.20 Å². The van der Waals surface area contributed by atoms with Gasteiger partial charge in [0.1, 0.15) is 11.3 Å². The second-order valence-electron chi connectivity index (χ2n) is 6.36. The third-order valence-corrected chi connectivity index (χ3v) is 4.72. The topological polar surface area (TPSA) is 84.7 Å². The van der Waals surface area contributed by atoms with Crippen LogP contribution in [0.3, 0.4) is 0 Å². The van der Waals surface area contributed by atoms with Crippen molar-refractivity contribution < 1.29 is 14.3 Å². The van der Waals surface area contributed by atoms with E-state index < -0.39 is 0 Å². The lowest BCUT2D eigenvalue weighted by molar-refractivity contribution is -0.125. The molecule has 4 heterocycles. The molecule has 0 radical (unpaired) electrons. The number of carbonyl (C=O) groups is 2. The van der Waals surface area contributed by atoms with E-state index in [1.165, 1.54) is 0 Å². The number of nitrogens with one attached hydrogen (secondary N) is 2. The standard InChI is InChI=1S/C17H20N4O3/c22-15-7-6-11(16(20-15)13-4-3-9-24-13)19-17(23)12-10-21-8-2-1-5-14(21)18-12/h1-2,5,8,10-11,13,16H,3-4,6-7,9H2,(H,19,23)(H,20,22)/t11-,13?,16-/m0/s1. The summed E-state index contributed by atoms with van der Waals surface area (Å²) in [6, 6.07) is 5.32. The van der Waals surface area contributed by atoms with E-state index >= 15 is 0 Å². The average Bonchev–Trinajstić information content (AvgIpc) is 3.25. The zero-order valence-corrected chi connectivity index (χ0v) is 13.3. The van der Waals surface area contributed by atoms with Crippen LogP contribution in [0.25, 0.3) is 5.65 Å². The lowest BCUT2D eigenvalue weighted by Crippen LogP contribution is -2.60. The molecule has 3 atom stereocenters. The van der Waals surface area contributed by atoms with Gasteiger partial charge in [0.15, 0.2) is 0 Å². The third-order valence-electron chi connectivity index (χ3n) is 4.72. The van der Waals surface area contributed by atoms with Gasteiger partial charge in [-0.25, -0.2) is 4.98 Å². The van der Waals surface area contributed by atoms with Crippen molar-refractivity contribution in [2.24, 2.45) is 0 Å². The van der Waals surface area contributed by atoms with Gasteiger partial charge in [0, 0.05) is 25.4 Å². The summed E-state index contributed by atoms with van der Waals surface area (Å²) < 4.78 is 7.54. The lowest BCUT2D eigenvalue weighted by atomic mass is 9.92. The minimum Gasteiger partial charge on any atom is -0.376 e. The van der Waals surface area contributed by atoms with Crippen molar-refractivity contribution in [2.75, 3.05) is 6.61 Å². The minimum absolute atomic E-state index is 0.0220. The highest BCUT2D eigenvalue weighted by Gasteiger charge is 2.37. The fourth-order valence-corrected chi connectivity index (χ4v) is 3.51. The normalized spacial score (nSPS) is 27.2. The molecule has 0 saturated carbocycles. The number of hydrogen-bond acceptors (Lipinski definition) is 4. The molecule has 7 nitrogen and oxygen atoms in total. The molecule has 2 aromatic heterocycles. The van der Waals surface area contributed by atoms with E-state index in [0.29, 0.717) is 25.1 Å². The third kappa shape index (κ3) is 2.87. The zero-order chi connectivity index (χ0) is 16.5.